The molecule has 3 rings (SSSR count). The lowest BCUT2D eigenvalue weighted by molar-refractivity contribution is -0.109. The normalized spacial score (nSPS) is 45.1. The van der Waals surface area contributed by atoms with E-state index in [1.807, 2.05) is 0 Å². The van der Waals surface area contributed by atoms with Gasteiger partial charge in [-0.3, -0.25) is 0 Å². The molecule has 0 N–H and O–H groups in total. The second kappa shape index (κ2) is 5.51. The van der Waals surface area contributed by atoms with E-state index in [4.69, 9.17) is 22.3 Å². The molecule has 116 valence electrons. The molecule has 20 heavy (non-hydrogen) atoms. The van der Waals surface area contributed by atoms with Crippen molar-refractivity contribution in [1.29, 1.82) is 0 Å². The number of thiol groups is 2. The number of hydrogen-bond acceptors (Lipinski definition) is 7. The maximum Gasteiger partial charge on any atom is 0.0764 e. The van der Waals surface area contributed by atoms with E-state index in [0.29, 0.717) is 18.8 Å². The van der Waals surface area contributed by atoms with Crippen molar-refractivity contribution in [3.63, 3.8) is 0 Å². The van der Waals surface area contributed by atoms with Crippen molar-refractivity contribution < 1.29 is 9.47 Å². The lowest BCUT2D eigenvalue weighted by Gasteiger charge is -2.52. The third-order valence-corrected chi connectivity index (χ3v) is 7.04. The van der Waals surface area contributed by atoms with Gasteiger partial charge in [0.05, 0.1) is 31.0 Å². The van der Waals surface area contributed by atoms with E-state index in [-0.39, 0.29) is 17.2 Å². The van der Waals surface area contributed by atoms with Gasteiger partial charge in [0, 0.05) is 18.1 Å². The quantitative estimate of drug-likeness (QED) is 0.469. The third-order valence-electron chi connectivity index (χ3n) is 4.75. The molecule has 0 aliphatic carbocycles. The van der Waals surface area contributed by atoms with E-state index in [2.05, 4.69) is 41.0 Å². The number of hydrogen-bond donors (Lipinski definition) is 2. The Kier molecular flexibility index (Phi) is 4.35. The fourth-order valence-electron chi connectivity index (χ4n) is 3.80. The molecule has 0 radical (unpaired) electrons. The van der Waals surface area contributed by atoms with Crippen LogP contribution in [0.2, 0.25) is 0 Å². The van der Waals surface area contributed by atoms with Gasteiger partial charge >= 0.3 is 0 Å². The lowest BCUT2D eigenvalue weighted by atomic mass is 9.87. The van der Waals surface area contributed by atoms with Crippen LogP contribution < -0.4 is 0 Å². The summed E-state index contributed by atoms with van der Waals surface area (Å²) in [5.74, 6) is 0. The monoisotopic (exact) mass is 336 g/mol. The fraction of sp³-hybridized carbons (Fsp3) is 1.00. The van der Waals surface area contributed by atoms with Crippen LogP contribution in [0.4, 0.5) is 0 Å². The van der Waals surface area contributed by atoms with Crippen LogP contribution >= 0.6 is 35.5 Å². The standard InChI is InChI=1S/C13H24N2O2S3/c1-12(2)7-16-8-13(3,15(12)18)5-11-10-4-9(17-11)6-14(10)20-19/h9-11,18-19H,4-8H2,1-3H3/t9-,10-,11?,13?/m0/s1. The maximum atomic E-state index is 6.17. The van der Waals surface area contributed by atoms with Crippen LogP contribution in [0.15, 0.2) is 0 Å². The lowest BCUT2D eigenvalue weighted by Crippen LogP contribution is -2.62. The van der Waals surface area contributed by atoms with E-state index in [1.165, 1.54) is 0 Å². The molecule has 3 aliphatic rings. The zero-order valence-electron chi connectivity index (χ0n) is 12.3. The smallest absolute Gasteiger partial charge is 0.0764 e. The summed E-state index contributed by atoms with van der Waals surface area (Å²) in [6.07, 6.45) is 2.71. The second-order valence-electron chi connectivity index (χ2n) is 7.10. The summed E-state index contributed by atoms with van der Waals surface area (Å²) in [6, 6.07) is 0.478. The molecule has 4 atom stereocenters. The van der Waals surface area contributed by atoms with Crippen LogP contribution in [0.25, 0.3) is 0 Å². The van der Waals surface area contributed by atoms with Gasteiger partial charge in [-0.1, -0.05) is 24.5 Å². The molecule has 0 aromatic carbocycles. The van der Waals surface area contributed by atoms with Crippen molar-refractivity contribution >= 4 is 35.5 Å². The molecule has 2 unspecified atom stereocenters. The highest BCUT2D eigenvalue weighted by Crippen LogP contribution is 2.44. The first-order valence-electron chi connectivity index (χ1n) is 7.16. The average molecular weight is 337 g/mol. The zero-order valence-corrected chi connectivity index (χ0v) is 14.9. The van der Waals surface area contributed by atoms with Gasteiger partial charge in [-0.15, -0.1) is 0 Å². The highest BCUT2D eigenvalue weighted by Gasteiger charge is 2.51. The Bertz CT molecular complexity index is 385. The topological polar surface area (TPSA) is 24.9 Å². The van der Waals surface area contributed by atoms with Gasteiger partial charge in [0.25, 0.3) is 0 Å². The zero-order chi connectivity index (χ0) is 14.5. The average Bonchev–Trinajstić information content (AvgIpc) is 2.95. The molecule has 0 saturated carbocycles. The summed E-state index contributed by atoms with van der Waals surface area (Å²) in [6.45, 7) is 9.02. The first kappa shape index (κ1) is 15.8. The number of nitrogens with zero attached hydrogens (tertiary/aromatic N) is 2. The molecule has 3 heterocycles. The third kappa shape index (κ3) is 2.64. The van der Waals surface area contributed by atoms with Crippen molar-refractivity contribution in [2.45, 2.75) is 62.9 Å². The van der Waals surface area contributed by atoms with Crippen LogP contribution in [0, 0.1) is 0 Å². The van der Waals surface area contributed by atoms with Crippen molar-refractivity contribution in [3.05, 3.63) is 0 Å². The SMILES string of the molecule is CC1(C)COCC(C)(CC2O[C@H]3C[C@@H]2N(SS)C3)N1S. The van der Waals surface area contributed by atoms with Crippen LogP contribution in [0.5, 0.6) is 0 Å². The molecule has 7 heteroatoms. The molecule has 0 aromatic heterocycles. The van der Waals surface area contributed by atoms with Crippen LogP contribution in [0.1, 0.15) is 33.6 Å². The number of fused-ring (bicyclic) bond motifs is 2. The summed E-state index contributed by atoms with van der Waals surface area (Å²) in [5, 5.41) is 0. The van der Waals surface area contributed by atoms with E-state index in [0.717, 1.165) is 26.0 Å². The molecule has 0 aromatic rings. The molecule has 2 bridgehead atoms. The van der Waals surface area contributed by atoms with Gasteiger partial charge in [-0.25, -0.2) is 8.61 Å². The van der Waals surface area contributed by atoms with Crippen LogP contribution in [-0.2, 0) is 9.47 Å². The van der Waals surface area contributed by atoms with Crippen molar-refractivity contribution in [1.82, 2.24) is 8.61 Å². The van der Waals surface area contributed by atoms with E-state index >= 15 is 0 Å². The summed E-state index contributed by atoms with van der Waals surface area (Å²) in [5.41, 5.74) is -0.140. The Morgan fingerprint density at radius 2 is 2.05 bits per heavy atom. The Balaban J connectivity index is 1.71. The van der Waals surface area contributed by atoms with E-state index in [1.54, 1.807) is 11.0 Å². The predicted octanol–water partition coefficient (Wildman–Crippen LogP) is 2.43. The molecule has 3 fully saturated rings. The van der Waals surface area contributed by atoms with E-state index in [9.17, 15) is 0 Å². The van der Waals surface area contributed by atoms with Gasteiger partial charge in [-0.2, -0.15) is 0 Å². The Morgan fingerprint density at radius 1 is 1.30 bits per heavy atom. The summed E-state index contributed by atoms with van der Waals surface area (Å²) in [4.78, 5) is 0. The van der Waals surface area contributed by atoms with Crippen molar-refractivity contribution in [2.24, 2.45) is 0 Å². The first-order valence-corrected chi connectivity index (χ1v) is 9.39. The largest absolute Gasteiger partial charge is 0.378 e. The number of rotatable bonds is 3. The Morgan fingerprint density at radius 3 is 2.70 bits per heavy atom. The fourth-order valence-corrected chi connectivity index (χ4v) is 5.14. The van der Waals surface area contributed by atoms with E-state index < -0.39 is 0 Å². The Labute approximate surface area is 136 Å². The molecule has 4 nitrogen and oxygen atoms in total. The second-order valence-corrected chi connectivity index (χ2v) is 8.62. The minimum absolute atomic E-state index is 0.0499. The van der Waals surface area contributed by atoms with Crippen LogP contribution in [0.3, 0.4) is 0 Å². The van der Waals surface area contributed by atoms with Crippen LogP contribution in [-0.4, -0.2) is 57.7 Å². The van der Waals surface area contributed by atoms with Gasteiger partial charge < -0.3 is 9.47 Å². The summed E-state index contributed by atoms with van der Waals surface area (Å²) < 4.78 is 16.5. The molecule has 0 spiro atoms. The van der Waals surface area contributed by atoms with Gasteiger partial charge in [0.1, 0.15) is 0 Å². The molecule has 0 amide bonds. The van der Waals surface area contributed by atoms with Gasteiger partial charge in [0.2, 0.25) is 0 Å². The molecular formula is C13H24N2O2S3. The highest BCUT2D eigenvalue weighted by molar-refractivity contribution is 8.67. The molecular weight excluding hydrogens is 312 g/mol. The first-order chi connectivity index (χ1) is 9.36. The number of morpholine rings is 2. The maximum absolute atomic E-state index is 6.17. The van der Waals surface area contributed by atoms with Crippen molar-refractivity contribution in [3.8, 4) is 0 Å². The minimum Gasteiger partial charge on any atom is -0.378 e. The predicted molar refractivity (Wildman–Crippen MR) is 89.1 cm³/mol. The molecule has 3 saturated heterocycles. The van der Waals surface area contributed by atoms with Gasteiger partial charge in [0.15, 0.2) is 0 Å². The molecule has 3 aliphatic heterocycles. The summed E-state index contributed by atoms with van der Waals surface area (Å²) >= 11 is 9.13. The highest BCUT2D eigenvalue weighted by atomic mass is 33.1. The summed E-state index contributed by atoms with van der Waals surface area (Å²) in [7, 11) is 1.54. The minimum atomic E-state index is -0.0903. The van der Waals surface area contributed by atoms with Gasteiger partial charge in [-0.05, 0) is 44.6 Å². The number of ether oxygens (including phenoxy) is 2. The van der Waals surface area contributed by atoms with Crippen molar-refractivity contribution in [2.75, 3.05) is 19.8 Å². The Hall–Kier alpha value is 0.890.